The highest BCUT2D eigenvalue weighted by atomic mass is 32.2. The second-order valence-corrected chi connectivity index (χ2v) is 8.44. The van der Waals surface area contributed by atoms with Crippen LogP contribution in [0, 0.1) is 0 Å². The molecule has 0 bridgehead atoms. The van der Waals surface area contributed by atoms with Gasteiger partial charge in [-0.1, -0.05) is 43.4 Å². The lowest BCUT2D eigenvalue weighted by Crippen LogP contribution is -2.35. The van der Waals surface area contributed by atoms with Crippen LogP contribution < -0.4 is 9.47 Å². The number of thioether (sulfide) groups is 1. The van der Waals surface area contributed by atoms with Crippen LogP contribution in [0.1, 0.15) is 45.1 Å². The van der Waals surface area contributed by atoms with Crippen molar-refractivity contribution >= 4 is 40.3 Å². The Morgan fingerprint density at radius 3 is 2.89 bits per heavy atom. The van der Waals surface area contributed by atoms with Crippen molar-refractivity contribution in [2.45, 2.75) is 45.6 Å². The number of thiocarbonyl (C=S) groups is 1. The molecule has 1 aromatic rings. The predicted molar refractivity (Wildman–Crippen MR) is 117 cm³/mol. The number of benzene rings is 1. The first-order chi connectivity index (χ1) is 13.6. The van der Waals surface area contributed by atoms with Crippen LogP contribution in [0.2, 0.25) is 0 Å². The Hall–Kier alpha value is -1.57. The van der Waals surface area contributed by atoms with Crippen molar-refractivity contribution in [3.63, 3.8) is 0 Å². The molecule has 2 aliphatic heterocycles. The highest BCUT2D eigenvalue weighted by Gasteiger charge is 2.34. The van der Waals surface area contributed by atoms with E-state index in [0.29, 0.717) is 34.7 Å². The van der Waals surface area contributed by atoms with Gasteiger partial charge in [-0.15, -0.1) is 0 Å². The number of nitrogens with zero attached hydrogens (tertiary/aromatic N) is 1. The molecule has 28 heavy (non-hydrogen) atoms. The van der Waals surface area contributed by atoms with Gasteiger partial charge in [0.1, 0.15) is 4.32 Å². The molecule has 1 aromatic carbocycles. The van der Waals surface area contributed by atoms with Crippen LogP contribution in [0.4, 0.5) is 0 Å². The maximum absolute atomic E-state index is 12.8. The van der Waals surface area contributed by atoms with E-state index in [1.165, 1.54) is 11.8 Å². The number of rotatable bonds is 9. The molecule has 3 rings (SSSR count). The smallest absolute Gasteiger partial charge is 0.266 e. The van der Waals surface area contributed by atoms with Gasteiger partial charge in [0.15, 0.2) is 11.5 Å². The molecule has 5 nitrogen and oxygen atoms in total. The van der Waals surface area contributed by atoms with Crippen LogP contribution in [0.5, 0.6) is 11.5 Å². The molecule has 1 atom stereocenters. The second kappa shape index (κ2) is 10.3. The van der Waals surface area contributed by atoms with E-state index in [9.17, 15) is 4.79 Å². The molecule has 2 heterocycles. The Morgan fingerprint density at radius 1 is 1.32 bits per heavy atom. The maximum Gasteiger partial charge on any atom is 0.266 e. The fraction of sp³-hybridized carbons (Fsp3) is 0.524. The molecule has 2 saturated heterocycles. The quantitative estimate of drug-likeness (QED) is 0.329. The van der Waals surface area contributed by atoms with Gasteiger partial charge >= 0.3 is 0 Å². The van der Waals surface area contributed by atoms with Gasteiger partial charge in [0.2, 0.25) is 0 Å². The molecular weight excluding hydrogens is 394 g/mol. The van der Waals surface area contributed by atoms with Crippen molar-refractivity contribution in [1.82, 2.24) is 4.90 Å². The molecule has 0 aliphatic carbocycles. The molecule has 0 N–H and O–H groups in total. The summed E-state index contributed by atoms with van der Waals surface area (Å²) in [6.45, 7) is 6.59. The summed E-state index contributed by atoms with van der Waals surface area (Å²) in [4.78, 5) is 15.1. The third-order valence-corrected chi connectivity index (χ3v) is 5.98. The summed E-state index contributed by atoms with van der Waals surface area (Å²) in [5, 5.41) is 0. The van der Waals surface area contributed by atoms with Gasteiger partial charge in [-0.2, -0.15) is 0 Å². The SMILES string of the molecule is CCCCOc1ccc(/C=C2\SC(=S)N(C[C@@H]3CCCO3)C2=O)cc1OCC. The molecule has 152 valence electrons. The van der Waals surface area contributed by atoms with Gasteiger partial charge < -0.3 is 14.2 Å². The Kier molecular flexibility index (Phi) is 7.76. The Labute approximate surface area is 176 Å². The number of hydrogen-bond acceptors (Lipinski definition) is 6. The number of ether oxygens (including phenoxy) is 3. The Balaban J connectivity index is 1.73. The van der Waals surface area contributed by atoms with E-state index in [1.807, 2.05) is 31.2 Å². The van der Waals surface area contributed by atoms with Crippen LogP contribution in [-0.2, 0) is 9.53 Å². The summed E-state index contributed by atoms with van der Waals surface area (Å²) in [5.74, 6) is 1.38. The minimum absolute atomic E-state index is 0.0493. The largest absolute Gasteiger partial charge is 0.490 e. The zero-order chi connectivity index (χ0) is 19.9. The third-order valence-electron chi connectivity index (χ3n) is 4.60. The fourth-order valence-corrected chi connectivity index (χ4v) is 4.40. The number of carbonyl (C=O) groups is 1. The highest BCUT2D eigenvalue weighted by Crippen LogP contribution is 2.35. The average Bonchev–Trinajstić information content (AvgIpc) is 3.28. The minimum Gasteiger partial charge on any atom is -0.490 e. The molecule has 7 heteroatoms. The lowest BCUT2D eigenvalue weighted by atomic mass is 10.1. The Bertz CT molecular complexity index is 744. The molecular formula is C21H27NO4S2. The number of carbonyl (C=O) groups excluding carboxylic acids is 1. The van der Waals surface area contributed by atoms with Crippen LogP contribution >= 0.6 is 24.0 Å². The van der Waals surface area contributed by atoms with Crippen molar-refractivity contribution in [3.05, 3.63) is 28.7 Å². The van der Waals surface area contributed by atoms with Crippen LogP contribution in [0.25, 0.3) is 6.08 Å². The van der Waals surface area contributed by atoms with Crippen LogP contribution in [0.15, 0.2) is 23.1 Å². The first-order valence-electron chi connectivity index (χ1n) is 9.89. The molecule has 1 amide bonds. The van der Waals surface area contributed by atoms with Crippen molar-refractivity contribution < 1.29 is 19.0 Å². The normalized spacial score (nSPS) is 21.0. The summed E-state index contributed by atoms with van der Waals surface area (Å²) >= 11 is 6.76. The maximum atomic E-state index is 12.8. The van der Waals surface area contributed by atoms with Crippen molar-refractivity contribution in [1.29, 1.82) is 0 Å². The second-order valence-electron chi connectivity index (χ2n) is 6.77. The molecule has 0 saturated carbocycles. The van der Waals surface area contributed by atoms with Gasteiger partial charge in [-0.25, -0.2) is 0 Å². The summed E-state index contributed by atoms with van der Waals surface area (Å²) in [5.41, 5.74) is 0.893. The van der Waals surface area contributed by atoms with E-state index in [4.69, 9.17) is 26.4 Å². The lowest BCUT2D eigenvalue weighted by molar-refractivity contribution is -0.123. The van der Waals surface area contributed by atoms with Crippen LogP contribution in [0.3, 0.4) is 0 Å². The molecule has 0 unspecified atom stereocenters. The molecule has 2 aliphatic rings. The van der Waals surface area contributed by atoms with Gasteiger partial charge in [0.05, 0.1) is 30.8 Å². The first kappa shape index (κ1) is 21.1. The minimum atomic E-state index is -0.0493. The third kappa shape index (κ3) is 5.27. The van der Waals surface area contributed by atoms with Gasteiger partial charge in [0, 0.05) is 6.61 Å². The Morgan fingerprint density at radius 2 is 2.18 bits per heavy atom. The molecule has 2 fully saturated rings. The van der Waals surface area contributed by atoms with E-state index in [2.05, 4.69) is 6.92 Å². The first-order valence-corrected chi connectivity index (χ1v) is 11.1. The molecule has 0 spiro atoms. The molecule has 0 radical (unpaired) electrons. The van der Waals surface area contributed by atoms with E-state index >= 15 is 0 Å². The van der Waals surface area contributed by atoms with Crippen molar-refractivity contribution in [2.75, 3.05) is 26.4 Å². The zero-order valence-corrected chi connectivity index (χ0v) is 18.1. The highest BCUT2D eigenvalue weighted by molar-refractivity contribution is 8.26. The molecule has 0 aromatic heterocycles. The number of unbranched alkanes of at least 4 members (excludes halogenated alkanes) is 1. The monoisotopic (exact) mass is 421 g/mol. The van der Waals surface area contributed by atoms with Gasteiger partial charge in [0.25, 0.3) is 5.91 Å². The topological polar surface area (TPSA) is 48.0 Å². The standard InChI is InChI=1S/C21H27NO4S2/c1-3-5-10-26-17-9-8-15(12-18(17)24-4-2)13-19-20(23)22(21(27)28-19)14-16-7-6-11-25-16/h8-9,12-13,16H,3-7,10-11,14H2,1-2H3/b19-13-/t16-/m0/s1. The van der Waals surface area contributed by atoms with Crippen LogP contribution in [-0.4, -0.2) is 47.6 Å². The average molecular weight is 422 g/mol. The summed E-state index contributed by atoms with van der Waals surface area (Å²) in [6.07, 6.45) is 6.06. The van der Waals surface area contributed by atoms with E-state index in [1.54, 1.807) is 4.90 Å². The number of hydrogen-bond donors (Lipinski definition) is 0. The van der Waals surface area contributed by atoms with E-state index in [0.717, 1.165) is 43.6 Å². The van der Waals surface area contributed by atoms with Gasteiger partial charge in [-0.3, -0.25) is 9.69 Å². The summed E-state index contributed by atoms with van der Waals surface area (Å²) in [7, 11) is 0. The van der Waals surface area contributed by atoms with Crippen molar-refractivity contribution in [2.24, 2.45) is 0 Å². The summed E-state index contributed by atoms with van der Waals surface area (Å²) < 4.78 is 17.8. The van der Waals surface area contributed by atoms with Crippen molar-refractivity contribution in [3.8, 4) is 11.5 Å². The lowest BCUT2D eigenvalue weighted by Gasteiger charge is -2.18. The fourth-order valence-electron chi connectivity index (χ4n) is 3.13. The predicted octanol–water partition coefficient (Wildman–Crippen LogP) is 4.64. The van der Waals surface area contributed by atoms with E-state index < -0.39 is 0 Å². The van der Waals surface area contributed by atoms with Gasteiger partial charge in [-0.05, 0) is 50.0 Å². The summed E-state index contributed by atoms with van der Waals surface area (Å²) in [6, 6.07) is 5.76. The zero-order valence-electron chi connectivity index (χ0n) is 16.4. The van der Waals surface area contributed by atoms with E-state index in [-0.39, 0.29) is 12.0 Å². The number of amides is 1.